The Hall–Kier alpha value is -4.33. The molecule has 33 heavy (non-hydrogen) atoms. The summed E-state index contributed by atoms with van der Waals surface area (Å²) >= 11 is 0. The summed E-state index contributed by atoms with van der Waals surface area (Å²) in [6, 6.07) is 14.9. The summed E-state index contributed by atoms with van der Waals surface area (Å²) in [4.78, 5) is 18.0. The summed E-state index contributed by atoms with van der Waals surface area (Å²) in [6.45, 7) is 1.93. The maximum absolute atomic E-state index is 13.4. The molecule has 0 radical (unpaired) electrons. The van der Waals surface area contributed by atoms with Gasteiger partial charge >= 0.3 is 0 Å². The van der Waals surface area contributed by atoms with Crippen molar-refractivity contribution in [3.8, 4) is 34.1 Å². The molecular formula is C25H22N4O4. The smallest absolute Gasteiger partial charge is 0.266 e. The summed E-state index contributed by atoms with van der Waals surface area (Å²) < 4.78 is 19.3. The Labute approximate surface area is 189 Å². The Morgan fingerprint density at radius 3 is 2.30 bits per heavy atom. The summed E-state index contributed by atoms with van der Waals surface area (Å²) in [5.41, 5.74) is 4.47. The molecule has 0 fully saturated rings. The lowest BCUT2D eigenvalue weighted by Crippen LogP contribution is -2.19. The minimum atomic E-state index is -0.218. The normalized spacial score (nSPS) is 11.2. The molecule has 3 heterocycles. The number of benzene rings is 2. The van der Waals surface area contributed by atoms with E-state index in [-0.39, 0.29) is 5.56 Å². The van der Waals surface area contributed by atoms with Crippen molar-refractivity contribution < 1.29 is 14.2 Å². The first-order valence-corrected chi connectivity index (χ1v) is 10.3. The predicted octanol–water partition coefficient (Wildman–Crippen LogP) is 4.03. The lowest BCUT2D eigenvalue weighted by molar-refractivity contribution is 0.393. The molecule has 5 rings (SSSR count). The minimum Gasteiger partial charge on any atom is -0.497 e. The molecule has 0 aliphatic heterocycles. The number of hydrogen-bond donors (Lipinski definition) is 0. The third kappa shape index (κ3) is 3.27. The number of ether oxygens (including phenoxy) is 3. The van der Waals surface area contributed by atoms with E-state index in [4.69, 9.17) is 19.3 Å². The van der Waals surface area contributed by atoms with Crippen molar-refractivity contribution in [3.63, 3.8) is 0 Å². The molecule has 0 N–H and O–H groups in total. The molecule has 3 aromatic heterocycles. The fourth-order valence-electron chi connectivity index (χ4n) is 4.05. The van der Waals surface area contributed by atoms with Gasteiger partial charge in [-0.2, -0.15) is 5.10 Å². The number of nitrogens with zero attached hydrogens (tertiary/aromatic N) is 4. The second-order valence-corrected chi connectivity index (χ2v) is 7.51. The predicted molar refractivity (Wildman–Crippen MR) is 126 cm³/mol. The highest BCUT2D eigenvalue weighted by atomic mass is 16.5. The molecule has 0 saturated heterocycles. The molecule has 0 amide bonds. The fourth-order valence-corrected chi connectivity index (χ4v) is 4.05. The number of aromatic nitrogens is 4. The van der Waals surface area contributed by atoms with Gasteiger partial charge in [0, 0.05) is 24.0 Å². The first-order chi connectivity index (χ1) is 16.0. The van der Waals surface area contributed by atoms with Gasteiger partial charge in [0.15, 0.2) is 5.65 Å². The molecular weight excluding hydrogens is 420 g/mol. The van der Waals surface area contributed by atoms with E-state index < -0.39 is 0 Å². The molecule has 5 aromatic rings. The quantitative estimate of drug-likeness (QED) is 0.409. The summed E-state index contributed by atoms with van der Waals surface area (Å²) in [5.74, 6) is 1.95. The highest BCUT2D eigenvalue weighted by Gasteiger charge is 2.17. The van der Waals surface area contributed by atoms with Gasteiger partial charge < -0.3 is 14.2 Å². The monoisotopic (exact) mass is 442 g/mol. The zero-order valence-electron chi connectivity index (χ0n) is 18.7. The van der Waals surface area contributed by atoms with E-state index in [9.17, 15) is 4.79 Å². The number of fused-ring (bicyclic) bond motifs is 3. The molecule has 0 aliphatic rings. The number of pyridine rings is 1. The van der Waals surface area contributed by atoms with Crippen LogP contribution < -0.4 is 19.8 Å². The van der Waals surface area contributed by atoms with Crippen LogP contribution in [-0.2, 0) is 0 Å². The van der Waals surface area contributed by atoms with Gasteiger partial charge in [-0.05, 0) is 42.8 Å². The third-order valence-electron chi connectivity index (χ3n) is 5.71. The Kier molecular flexibility index (Phi) is 4.97. The second-order valence-electron chi connectivity index (χ2n) is 7.51. The number of hydrogen-bond acceptors (Lipinski definition) is 6. The molecule has 0 bridgehead atoms. The van der Waals surface area contributed by atoms with Crippen molar-refractivity contribution in [2.75, 3.05) is 21.3 Å². The average molecular weight is 442 g/mol. The maximum atomic E-state index is 13.4. The molecule has 0 aliphatic carbocycles. The average Bonchev–Trinajstić information content (AvgIpc) is 3.20. The van der Waals surface area contributed by atoms with Crippen LogP contribution in [-0.4, -0.2) is 40.5 Å². The minimum absolute atomic E-state index is 0.218. The van der Waals surface area contributed by atoms with Crippen LogP contribution in [0.4, 0.5) is 0 Å². The highest BCUT2D eigenvalue weighted by molar-refractivity contribution is 5.86. The first kappa shape index (κ1) is 20.6. The number of methoxy groups -OCH3 is 3. The molecule has 166 valence electrons. The van der Waals surface area contributed by atoms with Gasteiger partial charge in [-0.3, -0.25) is 9.36 Å². The van der Waals surface area contributed by atoms with Crippen LogP contribution in [0, 0.1) is 6.92 Å². The molecule has 0 atom stereocenters. The third-order valence-corrected chi connectivity index (χ3v) is 5.71. The van der Waals surface area contributed by atoms with Gasteiger partial charge in [0.05, 0.1) is 43.6 Å². The van der Waals surface area contributed by atoms with Crippen molar-refractivity contribution in [1.29, 1.82) is 0 Å². The number of rotatable bonds is 5. The van der Waals surface area contributed by atoms with E-state index in [1.807, 2.05) is 37.3 Å². The molecule has 0 spiro atoms. The zero-order chi connectivity index (χ0) is 23.1. The highest BCUT2D eigenvalue weighted by Crippen LogP contribution is 2.31. The van der Waals surface area contributed by atoms with Crippen LogP contribution in [0.15, 0.2) is 65.7 Å². The van der Waals surface area contributed by atoms with Crippen LogP contribution in [0.3, 0.4) is 0 Å². The van der Waals surface area contributed by atoms with E-state index in [0.29, 0.717) is 33.7 Å². The van der Waals surface area contributed by atoms with E-state index in [1.165, 1.54) is 4.57 Å². The Morgan fingerprint density at radius 2 is 1.61 bits per heavy atom. The summed E-state index contributed by atoms with van der Waals surface area (Å²) in [7, 11) is 4.78. The van der Waals surface area contributed by atoms with E-state index in [0.717, 1.165) is 22.6 Å². The van der Waals surface area contributed by atoms with Gasteiger partial charge in [0.2, 0.25) is 0 Å². The summed E-state index contributed by atoms with van der Waals surface area (Å²) in [5, 5.41) is 5.14. The maximum Gasteiger partial charge on any atom is 0.266 e. The van der Waals surface area contributed by atoms with E-state index in [1.54, 1.807) is 56.4 Å². The van der Waals surface area contributed by atoms with E-state index in [2.05, 4.69) is 4.98 Å². The molecule has 2 aromatic carbocycles. The fraction of sp³-hybridized carbons (Fsp3) is 0.160. The van der Waals surface area contributed by atoms with Gasteiger partial charge in [0.25, 0.3) is 5.56 Å². The Balaban J connectivity index is 1.70. The van der Waals surface area contributed by atoms with Gasteiger partial charge in [-0.25, -0.2) is 9.50 Å². The van der Waals surface area contributed by atoms with Crippen molar-refractivity contribution >= 4 is 16.6 Å². The largest absolute Gasteiger partial charge is 0.497 e. The van der Waals surface area contributed by atoms with Gasteiger partial charge in [0.1, 0.15) is 17.2 Å². The molecule has 8 heteroatoms. The van der Waals surface area contributed by atoms with Crippen LogP contribution in [0.25, 0.3) is 33.4 Å². The van der Waals surface area contributed by atoms with Crippen LogP contribution in [0.2, 0.25) is 0 Å². The van der Waals surface area contributed by atoms with Crippen molar-refractivity contribution in [1.82, 2.24) is 19.2 Å². The van der Waals surface area contributed by atoms with Crippen LogP contribution >= 0.6 is 0 Å². The van der Waals surface area contributed by atoms with Crippen molar-refractivity contribution in [3.05, 3.63) is 77.0 Å². The molecule has 0 saturated carbocycles. The molecule has 0 unspecified atom stereocenters. The van der Waals surface area contributed by atoms with Gasteiger partial charge in [-0.15, -0.1) is 0 Å². The van der Waals surface area contributed by atoms with Crippen molar-refractivity contribution in [2.24, 2.45) is 0 Å². The lowest BCUT2D eigenvalue weighted by Gasteiger charge is -2.13. The van der Waals surface area contributed by atoms with Crippen LogP contribution in [0.1, 0.15) is 5.69 Å². The zero-order valence-corrected chi connectivity index (χ0v) is 18.7. The Bertz CT molecular complexity index is 1550. The standard InChI is InChI=1S/C25H22N4O4/c1-15-23(16-5-7-17(31-2)8-6-16)24-26-14-19-20(29(24)27-15)11-12-28(25(19)30)21-10-9-18(32-3)13-22(21)33-4/h5-14H,1-4H3. The van der Waals surface area contributed by atoms with Gasteiger partial charge in [-0.1, -0.05) is 12.1 Å². The summed E-state index contributed by atoms with van der Waals surface area (Å²) in [6.07, 6.45) is 3.33. The van der Waals surface area contributed by atoms with Crippen LogP contribution in [0.5, 0.6) is 17.2 Å². The Morgan fingerprint density at radius 1 is 0.879 bits per heavy atom. The SMILES string of the molecule is COc1ccc(-c2c(C)nn3c2ncc2c(=O)n(-c4ccc(OC)cc4OC)ccc23)cc1. The van der Waals surface area contributed by atoms with Crippen molar-refractivity contribution in [2.45, 2.75) is 6.92 Å². The second kappa shape index (κ2) is 7.98. The van der Waals surface area contributed by atoms with E-state index >= 15 is 0 Å². The number of aryl methyl sites for hydroxylation is 1. The lowest BCUT2D eigenvalue weighted by atomic mass is 10.1. The first-order valence-electron chi connectivity index (χ1n) is 10.3. The topological polar surface area (TPSA) is 79.9 Å². The molecule has 8 nitrogen and oxygen atoms in total.